The summed E-state index contributed by atoms with van der Waals surface area (Å²) in [5, 5.41) is 3.06. The first-order chi connectivity index (χ1) is 12.0. The van der Waals surface area contributed by atoms with Crippen LogP contribution in [0.5, 0.6) is 0 Å². The molecule has 1 amide bonds. The van der Waals surface area contributed by atoms with Crippen LogP contribution in [0.25, 0.3) is 0 Å². The number of carbonyl (C=O) groups excluding carboxylic acids is 1. The van der Waals surface area contributed by atoms with Gasteiger partial charge >= 0.3 is 0 Å². The molecule has 5 nitrogen and oxygen atoms in total. The summed E-state index contributed by atoms with van der Waals surface area (Å²) in [5.74, 6) is -0.155. The minimum absolute atomic E-state index is 0.155. The molecule has 0 aromatic heterocycles. The third kappa shape index (κ3) is 4.23. The highest BCUT2D eigenvalue weighted by molar-refractivity contribution is 7.89. The van der Waals surface area contributed by atoms with E-state index in [0.717, 1.165) is 56.9 Å². The molecule has 2 fully saturated rings. The Labute approximate surface area is 150 Å². The monoisotopic (exact) mass is 364 g/mol. The van der Waals surface area contributed by atoms with E-state index in [0.29, 0.717) is 18.7 Å². The van der Waals surface area contributed by atoms with E-state index in [-0.39, 0.29) is 16.8 Å². The Morgan fingerprint density at radius 1 is 1.04 bits per heavy atom. The molecule has 1 aliphatic carbocycles. The van der Waals surface area contributed by atoms with E-state index in [9.17, 15) is 13.2 Å². The van der Waals surface area contributed by atoms with Gasteiger partial charge in [0.2, 0.25) is 10.0 Å². The van der Waals surface area contributed by atoms with Crippen LogP contribution >= 0.6 is 0 Å². The van der Waals surface area contributed by atoms with Crippen molar-refractivity contribution in [2.24, 2.45) is 0 Å². The average molecular weight is 365 g/mol. The number of carbonyl (C=O) groups is 1. The number of nitrogens with zero attached hydrogens (tertiary/aromatic N) is 1. The summed E-state index contributed by atoms with van der Waals surface area (Å²) < 4.78 is 27.5. The van der Waals surface area contributed by atoms with E-state index in [1.54, 1.807) is 22.5 Å². The molecule has 0 radical (unpaired) electrons. The van der Waals surface area contributed by atoms with E-state index in [4.69, 9.17) is 0 Å². The Morgan fingerprint density at radius 3 is 2.32 bits per heavy atom. The van der Waals surface area contributed by atoms with Crippen LogP contribution in [0.3, 0.4) is 0 Å². The molecular weight excluding hydrogens is 336 g/mol. The van der Waals surface area contributed by atoms with Crippen molar-refractivity contribution in [3.05, 3.63) is 29.3 Å². The highest BCUT2D eigenvalue weighted by Crippen LogP contribution is 2.23. The Kier molecular flexibility index (Phi) is 5.79. The van der Waals surface area contributed by atoms with Crippen LogP contribution in [0, 0.1) is 6.92 Å². The van der Waals surface area contributed by atoms with Crippen molar-refractivity contribution in [1.82, 2.24) is 9.62 Å². The number of benzene rings is 1. The van der Waals surface area contributed by atoms with Gasteiger partial charge < -0.3 is 5.32 Å². The number of rotatable bonds is 4. The fraction of sp³-hybridized carbons (Fsp3) is 0.632. The van der Waals surface area contributed by atoms with Gasteiger partial charge in [0, 0.05) is 24.7 Å². The molecule has 6 heteroatoms. The summed E-state index contributed by atoms with van der Waals surface area (Å²) in [7, 11) is -3.53. The highest BCUT2D eigenvalue weighted by atomic mass is 32.2. The molecule has 3 rings (SSSR count). The summed E-state index contributed by atoms with van der Waals surface area (Å²) in [5.41, 5.74) is 1.29. The summed E-state index contributed by atoms with van der Waals surface area (Å²) in [6.07, 6.45) is 8.28. The number of hydrogen-bond donors (Lipinski definition) is 1. The predicted octanol–water partition coefficient (Wildman–Crippen LogP) is 3.23. The second-order valence-corrected chi connectivity index (χ2v) is 9.19. The molecule has 1 aromatic carbocycles. The summed E-state index contributed by atoms with van der Waals surface area (Å²) in [6, 6.07) is 5.15. The van der Waals surface area contributed by atoms with Crippen molar-refractivity contribution >= 4 is 15.9 Å². The van der Waals surface area contributed by atoms with Crippen molar-refractivity contribution < 1.29 is 13.2 Å². The average Bonchev–Trinajstić information content (AvgIpc) is 2.93. The molecule has 1 N–H and O–H groups in total. The fourth-order valence-electron chi connectivity index (χ4n) is 3.77. The van der Waals surface area contributed by atoms with Crippen LogP contribution in [-0.2, 0) is 10.0 Å². The van der Waals surface area contributed by atoms with Gasteiger partial charge in [-0.05, 0) is 50.3 Å². The largest absolute Gasteiger partial charge is 0.349 e. The molecule has 0 spiro atoms. The maximum Gasteiger partial charge on any atom is 0.251 e. The lowest BCUT2D eigenvalue weighted by atomic mass is 10.1. The standard InChI is InChI=1S/C19H28N2O3S/c1-15-10-11-17(25(23,24)21-12-6-2-3-7-13-21)14-18(15)19(22)20-16-8-4-5-9-16/h10-11,14,16H,2-9,12-13H2,1H3,(H,20,22). The maximum absolute atomic E-state index is 13.0. The first-order valence-corrected chi connectivity index (χ1v) is 10.8. The molecule has 2 aliphatic rings. The van der Waals surface area contributed by atoms with Crippen LogP contribution in [-0.4, -0.2) is 37.8 Å². The third-order valence-corrected chi connectivity index (χ3v) is 7.24. The molecule has 1 saturated carbocycles. The summed E-state index contributed by atoms with van der Waals surface area (Å²) >= 11 is 0. The Balaban J connectivity index is 1.83. The zero-order valence-corrected chi connectivity index (χ0v) is 15.8. The molecular formula is C19H28N2O3S. The minimum atomic E-state index is -3.53. The van der Waals surface area contributed by atoms with Crippen LogP contribution in [0.15, 0.2) is 23.1 Å². The van der Waals surface area contributed by atoms with Crippen LogP contribution in [0.1, 0.15) is 67.3 Å². The normalized spacial score (nSPS) is 20.4. The molecule has 25 heavy (non-hydrogen) atoms. The lowest BCUT2D eigenvalue weighted by Gasteiger charge is -2.21. The molecule has 1 aliphatic heterocycles. The smallest absolute Gasteiger partial charge is 0.251 e. The van der Waals surface area contributed by atoms with Crippen LogP contribution < -0.4 is 5.32 Å². The molecule has 0 bridgehead atoms. The number of nitrogens with one attached hydrogen (secondary N) is 1. The fourth-order valence-corrected chi connectivity index (χ4v) is 5.31. The molecule has 1 saturated heterocycles. The van der Waals surface area contributed by atoms with E-state index in [1.807, 2.05) is 6.92 Å². The molecule has 1 heterocycles. The third-order valence-electron chi connectivity index (χ3n) is 5.35. The quantitative estimate of drug-likeness (QED) is 0.892. The lowest BCUT2D eigenvalue weighted by Crippen LogP contribution is -2.34. The van der Waals surface area contributed by atoms with E-state index >= 15 is 0 Å². The van der Waals surface area contributed by atoms with Crippen molar-refractivity contribution in [1.29, 1.82) is 0 Å². The van der Waals surface area contributed by atoms with Gasteiger partial charge in [0.25, 0.3) is 5.91 Å². The van der Waals surface area contributed by atoms with Crippen molar-refractivity contribution in [3.8, 4) is 0 Å². The van der Waals surface area contributed by atoms with E-state index < -0.39 is 10.0 Å². The van der Waals surface area contributed by atoms with Gasteiger partial charge in [0.15, 0.2) is 0 Å². The SMILES string of the molecule is Cc1ccc(S(=O)(=O)N2CCCCCC2)cc1C(=O)NC1CCCC1. The molecule has 0 unspecified atom stereocenters. The first-order valence-electron chi connectivity index (χ1n) is 9.40. The second-order valence-electron chi connectivity index (χ2n) is 7.25. The van der Waals surface area contributed by atoms with E-state index in [1.165, 1.54) is 0 Å². The zero-order valence-electron chi connectivity index (χ0n) is 15.0. The van der Waals surface area contributed by atoms with Gasteiger partial charge in [-0.3, -0.25) is 4.79 Å². The highest BCUT2D eigenvalue weighted by Gasteiger charge is 2.27. The Morgan fingerprint density at radius 2 is 1.68 bits per heavy atom. The van der Waals surface area contributed by atoms with E-state index in [2.05, 4.69) is 5.32 Å². The topological polar surface area (TPSA) is 66.5 Å². The van der Waals surface area contributed by atoms with Crippen molar-refractivity contribution in [2.45, 2.75) is 69.2 Å². The first kappa shape index (κ1) is 18.4. The van der Waals surface area contributed by atoms with Gasteiger partial charge in [-0.25, -0.2) is 8.42 Å². The predicted molar refractivity (Wildman–Crippen MR) is 98.1 cm³/mol. The number of aryl methyl sites for hydroxylation is 1. The van der Waals surface area contributed by atoms with Crippen LogP contribution in [0.2, 0.25) is 0 Å². The number of sulfonamides is 1. The van der Waals surface area contributed by atoms with Gasteiger partial charge in [0.1, 0.15) is 0 Å². The maximum atomic E-state index is 13.0. The van der Waals surface area contributed by atoms with Gasteiger partial charge in [-0.1, -0.05) is 31.7 Å². The molecule has 0 atom stereocenters. The number of amides is 1. The van der Waals surface area contributed by atoms with Crippen molar-refractivity contribution in [3.63, 3.8) is 0 Å². The lowest BCUT2D eigenvalue weighted by molar-refractivity contribution is 0.0937. The minimum Gasteiger partial charge on any atom is -0.349 e. The molecule has 138 valence electrons. The Bertz CT molecular complexity index is 716. The second kappa shape index (κ2) is 7.87. The van der Waals surface area contributed by atoms with Gasteiger partial charge in [-0.15, -0.1) is 0 Å². The van der Waals surface area contributed by atoms with Crippen LogP contribution in [0.4, 0.5) is 0 Å². The van der Waals surface area contributed by atoms with Gasteiger partial charge in [-0.2, -0.15) is 4.31 Å². The Hall–Kier alpha value is -1.40. The molecule has 1 aromatic rings. The summed E-state index contributed by atoms with van der Waals surface area (Å²) in [6.45, 7) is 2.99. The van der Waals surface area contributed by atoms with Gasteiger partial charge in [0.05, 0.1) is 4.90 Å². The zero-order chi connectivity index (χ0) is 17.9. The summed E-state index contributed by atoms with van der Waals surface area (Å²) in [4.78, 5) is 12.8. The van der Waals surface area contributed by atoms with Crippen molar-refractivity contribution in [2.75, 3.05) is 13.1 Å². The number of hydrogen-bond acceptors (Lipinski definition) is 3.